The molecule has 3 rings (SSSR count). The standard InChI is InChI=1S/C28H32N4O3/c1-4-32(25-14-6-5-7-15-25)28(35)22-11-9-13-24(19-22)30-26(33)20-29-23-12-8-10-21(18-23)16-17-27(34)31(2)3/h5-15,18-19,29H,4,16-17,20H2,1-3H3,(H,30,33). The van der Waals surface area contributed by atoms with Gasteiger partial charge in [-0.2, -0.15) is 0 Å². The summed E-state index contributed by atoms with van der Waals surface area (Å²) in [6.45, 7) is 2.53. The number of carbonyl (C=O) groups is 3. The summed E-state index contributed by atoms with van der Waals surface area (Å²) in [6, 6.07) is 24.1. The van der Waals surface area contributed by atoms with Crippen molar-refractivity contribution < 1.29 is 14.4 Å². The molecule has 3 aromatic carbocycles. The van der Waals surface area contributed by atoms with E-state index in [0.29, 0.717) is 30.6 Å². The summed E-state index contributed by atoms with van der Waals surface area (Å²) in [4.78, 5) is 40.7. The van der Waals surface area contributed by atoms with Crippen LogP contribution >= 0.6 is 0 Å². The minimum atomic E-state index is -0.224. The van der Waals surface area contributed by atoms with E-state index in [1.54, 1.807) is 48.2 Å². The van der Waals surface area contributed by atoms with Gasteiger partial charge in [0.05, 0.1) is 6.54 Å². The zero-order chi connectivity index (χ0) is 25.2. The molecule has 3 aromatic rings. The van der Waals surface area contributed by atoms with Crippen LogP contribution in [0.5, 0.6) is 0 Å². The lowest BCUT2D eigenvalue weighted by atomic mass is 10.1. The van der Waals surface area contributed by atoms with Crippen molar-refractivity contribution in [3.8, 4) is 0 Å². The third-order valence-corrected chi connectivity index (χ3v) is 5.53. The predicted molar refractivity (Wildman–Crippen MR) is 141 cm³/mol. The summed E-state index contributed by atoms with van der Waals surface area (Å²) in [5.74, 6) is -0.273. The fourth-order valence-electron chi connectivity index (χ4n) is 3.64. The van der Waals surface area contributed by atoms with Crippen LogP contribution in [0.15, 0.2) is 78.9 Å². The molecule has 0 saturated carbocycles. The Morgan fingerprint density at radius 3 is 2.26 bits per heavy atom. The minimum absolute atomic E-state index is 0.0728. The predicted octanol–water partition coefficient (Wildman–Crippen LogP) is 4.42. The number of para-hydroxylation sites is 1. The number of hydrogen-bond acceptors (Lipinski definition) is 4. The van der Waals surface area contributed by atoms with Crippen LogP contribution in [0.25, 0.3) is 0 Å². The number of anilines is 3. The molecule has 182 valence electrons. The van der Waals surface area contributed by atoms with E-state index in [1.165, 1.54) is 0 Å². The van der Waals surface area contributed by atoms with Gasteiger partial charge in [0.2, 0.25) is 11.8 Å². The van der Waals surface area contributed by atoms with E-state index in [0.717, 1.165) is 16.9 Å². The molecule has 0 heterocycles. The second-order valence-electron chi connectivity index (χ2n) is 8.36. The van der Waals surface area contributed by atoms with Crippen LogP contribution in [0.4, 0.5) is 17.1 Å². The van der Waals surface area contributed by atoms with Crippen molar-refractivity contribution >= 4 is 34.8 Å². The van der Waals surface area contributed by atoms with Gasteiger partial charge in [0.25, 0.3) is 5.91 Å². The third-order valence-electron chi connectivity index (χ3n) is 5.53. The maximum Gasteiger partial charge on any atom is 0.258 e. The summed E-state index contributed by atoms with van der Waals surface area (Å²) in [5, 5.41) is 5.97. The molecular formula is C28H32N4O3. The molecule has 7 nitrogen and oxygen atoms in total. The van der Waals surface area contributed by atoms with E-state index in [9.17, 15) is 14.4 Å². The smallest absolute Gasteiger partial charge is 0.258 e. The van der Waals surface area contributed by atoms with Crippen LogP contribution in [0, 0.1) is 0 Å². The molecule has 0 atom stereocenters. The van der Waals surface area contributed by atoms with Crippen LogP contribution in [-0.2, 0) is 16.0 Å². The van der Waals surface area contributed by atoms with Crippen LogP contribution in [-0.4, -0.2) is 49.8 Å². The van der Waals surface area contributed by atoms with Crippen LogP contribution in [0.2, 0.25) is 0 Å². The van der Waals surface area contributed by atoms with E-state index in [4.69, 9.17) is 0 Å². The van der Waals surface area contributed by atoms with Gasteiger partial charge in [-0.25, -0.2) is 0 Å². The SMILES string of the molecule is CCN(C(=O)c1cccc(NC(=O)CNc2cccc(CCC(=O)N(C)C)c2)c1)c1ccccc1. The largest absolute Gasteiger partial charge is 0.376 e. The molecule has 35 heavy (non-hydrogen) atoms. The molecule has 0 aliphatic carbocycles. The van der Waals surface area contributed by atoms with Crippen LogP contribution < -0.4 is 15.5 Å². The van der Waals surface area contributed by atoms with Gasteiger partial charge in [0, 0.05) is 49.7 Å². The summed E-state index contributed by atoms with van der Waals surface area (Å²) >= 11 is 0. The van der Waals surface area contributed by atoms with E-state index < -0.39 is 0 Å². The van der Waals surface area contributed by atoms with E-state index in [-0.39, 0.29) is 24.3 Å². The van der Waals surface area contributed by atoms with Gasteiger partial charge in [0.1, 0.15) is 0 Å². The topological polar surface area (TPSA) is 81.8 Å². The van der Waals surface area contributed by atoms with Gasteiger partial charge in [0.15, 0.2) is 0 Å². The Hall–Kier alpha value is -4.13. The van der Waals surface area contributed by atoms with Gasteiger partial charge in [-0.3, -0.25) is 14.4 Å². The van der Waals surface area contributed by atoms with Crippen LogP contribution in [0.3, 0.4) is 0 Å². The van der Waals surface area contributed by atoms with Gasteiger partial charge >= 0.3 is 0 Å². The highest BCUT2D eigenvalue weighted by Crippen LogP contribution is 2.19. The van der Waals surface area contributed by atoms with Crippen molar-refractivity contribution in [2.24, 2.45) is 0 Å². The Labute approximate surface area is 206 Å². The lowest BCUT2D eigenvalue weighted by Gasteiger charge is -2.21. The highest BCUT2D eigenvalue weighted by molar-refractivity contribution is 6.07. The molecule has 0 radical (unpaired) electrons. The summed E-state index contributed by atoms with van der Waals surface area (Å²) in [6.07, 6.45) is 1.07. The summed E-state index contributed by atoms with van der Waals surface area (Å²) < 4.78 is 0. The third kappa shape index (κ3) is 7.43. The van der Waals surface area contributed by atoms with Crippen molar-refractivity contribution in [3.05, 3.63) is 90.0 Å². The average Bonchev–Trinajstić information content (AvgIpc) is 2.87. The Morgan fingerprint density at radius 1 is 0.829 bits per heavy atom. The Bertz CT molecular complexity index is 1160. The van der Waals surface area contributed by atoms with Crippen molar-refractivity contribution in [2.75, 3.05) is 42.7 Å². The first-order valence-corrected chi connectivity index (χ1v) is 11.7. The summed E-state index contributed by atoms with van der Waals surface area (Å²) in [5.41, 5.74) is 3.71. The first-order chi connectivity index (χ1) is 16.9. The molecule has 0 aliphatic heterocycles. The molecule has 0 spiro atoms. The number of carbonyl (C=O) groups excluding carboxylic acids is 3. The Balaban J connectivity index is 1.57. The lowest BCUT2D eigenvalue weighted by molar-refractivity contribution is -0.128. The Kier molecular flexibility index (Phi) is 9.01. The molecule has 0 aromatic heterocycles. The van der Waals surface area contributed by atoms with Crippen molar-refractivity contribution in [2.45, 2.75) is 19.8 Å². The molecule has 2 N–H and O–H groups in total. The zero-order valence-corrected chi connectivity index (χ0v) is 20.5. The number of amides is 3. The maximum absolute atomic E-state index is 13.1. The molecule has 7 heteroatoms. The van der Waals surface area contributed by atoms with Gasteiger partial charge in [-0.05, 0) is 61.4 Å². The number of nitrogens with one attached hydrogen (secondary N) is 2. The van der Waals surface area contributed by atoms with E-state index >= 15 is 0 Å². The zero-order valence-electron chi connectivity index (χ0n) is 20.5. The average molecular weight is 473 g/mol. The summed E-state index contributed by atoms with van der Waals surface area (Å²) in [7, 11) is 3.49. The van der Waals surface area contributed by atoms with Gasteiger partial charge in [-0.15, -0.1) is 0 Å². The van der Waals surface area contributed by atoms with Crippen molar-refractivity contribution in [1.29, 1.82) is 0 Å². The van der Waals surface area contributed by atoms with Gasteiger partial charge < -0.3 is 20.4 Å². The van der Waals surface area contributed by atoms with Crippen molar-refractivity contribution in [1.82, 2.24) is 4.90 Å². The molecular weight excluding hydrogens is 440 g/mol. The number of nitrogens with zero attached hydrogens (tertiary/aromatic N) is 2. The number of benzene rings is 3. The second-order valence-corrected chi connectivity index (χ2v) is 8.36. The number of aryl methyl sites for hydroxylation is 1. The molecule has 0 bridgehead atoms. The Morgan fingerprint density at radius 2 is 1.54 bits per heavy atom. The normalized spacial score (nSPS) is 10.4. The van der Waals surface area contributed by atoms with E-state index in [1.807, 2.05) is 61.5 Å². The first-order valence-electron chi connectivity index (χ1n) is 11.7. The molecule has 0 unspecified atom stereocenters. The molecule has 0 fully saturated rings. The van der Waals surface area contributed by atoms with E-state index in [2.05, 4.69) is 10.6 Å². The maximum atomic E-state index is 13.1. The quantitative estimate of drug-likeness (QED) is 0.458. The first kappa shape index (κ1) is 25.5. The number of hydrogen-bond donors (Lipinski definition) is 2. The fourth-order valence-corrected chi connectivity index (χ4v) is 3.64. The highest BCUT2D eigenvalue weighted by atomic mass is 16.2. The van der Waals surface area contributed by atoms with Gasteiger partial charge in [-0.1, -0.05) is 36.4 Å². The lowest BCUT2D eigenvalue weighted by Crippen LogP contribution is -2.30. The van der Waals surface area contributed by atoms with Crippen molar-refractivity contribution in [3.63, 3.8) is 0 Å². The fraction of sp³-hybridized carbons (Fsp3) is 0.250. The molecule has 3 amide bonds. The highest BCUT2D eigenvalue weighted by Gasteiger charge is 2.16. The van der Waals surface area contributed by atoms with Crippen LogP contribution in [0.1, 0.15) is 29.3 Å². The minimum Gasteiger partial charge on any atom is -0.376 e. The molecule has 0 saturated heterocycles. The number of rotatable bonds is 10. The molecule has 0 aliphatic rings. The second kappa shape index (κ2) is 12.4. The monoisotopic (exact) mass is 472 g/mol.